The minimum absolute atomic E-state index is 0.0343. The first-order chi connectivity index (χ1) is 18.2. The van der Waals surface area contributed by atoms with Gasteiger partial charge in [0, 0.05) is 41.1 Å². The summed E-state index contributed by atoms with van der Waals surface area (Å²) in [5.41, 5.74) is 1.79. The molecule has 2 aromatic carbocycles. The van der Waals surface area contributed by atoms with Gasteiger partial charge in [0.25, 0.3) is 0 Å². The number of esters is 1. The number of methoxy groups -OCH3 is 1. The van der Waals surface area contributed by atoms with Gasteiger partial charge in [-0.2, -0.15) is 0 Å². The molecule has 1 amide bonds. The highest BCUT2D eigenvalue weighted by molar-refractivity contribution is 5.95. The molecule has 1 saturated heterocycles. The minimum atomic E-state index is -0.530. The van der Waals surface area contributed by atoms with Gasteiger partial charge in [0.1, 0.15) is 0 Å². The highest BCUT2D eigenvalue weighted by Crippen LogP contribution is 2.65. The third-order valence-corrected chi connectivity index (χ3v) is 8.87. The maximum absolute atomic E-state index is 13.5. The van der Waals surface area contributed by atoms with Crippen LogP contribution in [0.25, 0.3) is 0 Å². The molecule has 0 radical (unpaired) electrons. The van der Waals surface area contributed by atoms with E-state index < -0.39 is 10.8 Å². The van der Waals surface area contributed by atoms with Crippen LogP contribution >= 0.6 is 0 Å². The van der Waals surface area contributed by atoms with Gasteiger partial charge in [0.15, 0.2) is 0 Å². The quantitative estimate of drug-likeness (QED) is 0.291. The average molecular weight is 517 g/mol. The van der Waals surface area contributed by atoms with Crippen LogP contribution in [0, 0.1) is 16.7 Å². The van der Waals surface area contributed by atoms with Crippen LogP contribution in [-0.2, 0) is 31.1 Å². The Bertz CT molecular complexity index is 1200. The smallest absolute Gasteiger partial charge is 0.309 e. The Morgan fingerprint density at radius 3 is 2.55 bits per heavy atom. The van der Waals surface area contributed by atoms with Crippen LogP contribution in [-0.4, -0.2) is 49.6 Å². The second kappa shape index (κ2) is 10.3. The number of nitrogens with zero attached hydrogens (tertiary/aromatic N) is 1. The summed E-state index contributed by atoms with van der Waals surface area (Å²) in [4.78, 5) is 29.1. The first-order valence-electron chi connectivity index (χ1n) is 13.7. The van der Waals surface area contributed by atoms with Crippen LogP contribution in [0.1, 0.15) is 51.2 Å². The van der Waals surface area contributed by atoms with Gasteiger partial charge >= 0.3 is 5.97 Å². The van der Waals surface area contributed by atoms with E-state index in [0.717, 1.165) is 42.7 Å². The van der Waals surface area contributed by atoms with E-state index in [2.05, 4.69) is 40.6 Å². The van der Waals surface area contributed by atoms with Crippen molar-refractivity contribution in [3.05, 3.63) is 77.9 Å². The fourth-order valence-corrected chi connectivity index (χ4v) is 7.18. The first-order valence-corrected chi connectivity index (χ1v) is 13.7. The van der Waals surface area contributed by atoms with Gasteiger partial charge in [-0.1, -0.05) is 81.5 Å². The molecule has 38 heavy (non-hydrogen) atoms. The summed E-state index contributed by atoms with van der Waals surface area (Å²) in [6.45, 7) is 8.69. The van der Waals surface area contributed by atoms with Gasteiger partial charge in [0.2, 0.25) is 5.91 Å². The largest absolute Gasteiger partial charge is 0.469 e. The van der Waals surface area contributed by atoms with E-state index in [-0.39, 0.29) is 29.3 Å². The van der Waals surface area contributed by atoms with Gasteiger partial charge in [-0.3, -0.25) is 14.5 Å². The van der Waals surface area contributed by atoms with Crippen molar-refractivity contribution in [2.24, 2.45) is 16.7 Å². The van der Waals surface area contributed by atoms with Gasteiger partial charge in [-0.15, -0.1) is 0 Å². The molecular formula is C32H40N2O4. The van der Waals surface area contributed by atoms with Crippen molar-refractivity contribution < 1.29 is 19.1 Å². The van der Waals surface area contributed by atoms with Crippen LogP contribution in [0.15, 0.2) is 66.7 Å². The predicted molar refractivity (Wildman–Crippen MR) is 149 cm³/mol. The number of rotatable bonds is 8. The van der Waals surface area contributed by atoms with Gasteiger partial charge in [-0.25, -0.2) is 0 Å². The van der Waals surface area contributed by atoms with Crippen LogP contribution < -0.4 is 5.32 Å². The van der Waals surface area contributed by atoms with Crippen molar-refractivity contribution >= 4 is 17.6 Å². The van der Waals surface area contributed by atoms with E-state index in [1.165, 1.54) is 7.11 Å². The number of hydrogen-bond acceptors (Lipinski definition) is 5. The summed E-state index contributed by atoms with van der Waals surface area (Å²) >= 11 is 0. The minimum Gasteiger partial charge on any atom is -0.469 e. The second-order valence-corrected chi connectivity index (χ2v) is 12.1. The fourth-order valence-electron chi connectivity index (χ4n) is 7.18. The molecule has 202 valence electrons. The molecule has 0 spiro atoms. The molecular weight excluding hydrogens is 476 g/mol. The summed E-state index contributed by atoms with van der Waals surface area (Å²) < 4.78 is 11.6. The Hall–Kier alpha value is -2.96. The zero-order chi connectivity index (χ0) is 27.0. The maximum atomic E-state index is 13.5. The molecule has 3 aliphatic rings. The lowest BCUT2D eigenvalue weighted by molar-refractivity contribution is -0.147. The van der Waals surface area contributed by atoms with Crippen molar-refractivity contribution in [1.29, 1.82) is 0 Å². The number of ether oxygens (including phenoxy) is 2. The maximum Gasteiger partial charge on any atom is 0.309 e. The van der Waals surface area contributed by atoms with E-state index in [9.17, 15) is 9.59 Å². The number of amides is 1. The molecule has 4 atom stereocenters. The van der Waals surface area contributed by atoms with E-state index in [1.54, 1.807) is 0 Å². The van der Waals surface area contributed by atoms with Crippen molar-refractivity contribution in [1.82, 2.24) is 4.90 Å². The number of hydrogen-bond donors (Lipinski definition) is 1. The standard InChI is InChI=1S/C32H40N2O4/c1-30(2,3)29(36)33-26-14-9-8-13-24(26)32-16-19-34-18-10-15-31(28(32)34,21-25(32)27(35)37-4)17-20-38-22-23-11-6-5-7-12-23/h5-15,25,28H,16-22H2,1-4H3,(H,33,36). The predicted octanol–water partition coefficient (Wildman–Crippen LogP) is 5.34. The molecule has 0 aromatic heterocycles. The molecule has 0 bridgehead atoms. The summed E-state index contributed by atoms with van der Waals surface area (Å²) in [6, 6.07) is 18.4. The number of anilines is 1. The van der Waals surface area contributed by atoms with Crippen molar-refractivity contribution in [3.8, 4) is 0 Å². The number of benzene rings is 2. The third kappa shape index (κ3) is 4.58. The molecule has 4 unspecified atom stereocenters. The van der Waals surface area contributed by atoms with E-state index in [1.807, 2.05) is 57.2 Å². The molecule has 2 aromatic rings. The third-order valence-electron chi connectivity index (χ3n) is 8.87. The van der Waals surface area contributed by atoms with Crippen molar-refractivity contribution in [2.75, 3.05) is 32.1 Å². The normalized spacial score (nSPS) is 28.2. The molecule has 2 fully saturated rings. The summed E-state index contributed by atoms with van der Waals surface area (Å²) in [6.07, 6.45) is 6.97. The van der Waals surface area contributed by atoms with Crippen LogP contribution in [0.2, 0.25) is 0 Å². The summed E-state index contributed by atoms with van der Waals surface area (Å²) in [7, 11) is 1.49. The topological polar surface area (TPSA) is 67.9 Å². The van der Waals surface area contributed by atoms with Crippen LogP contribution in [0.5, 0.6) is 0 Å². The van der Waals surface area contributed by atoms with Crippen LogP contribution in [0.3, 0.4) is 0 Å². The first kappa shape index (κ1) is 26.6. The zero-order valence-electron chi connectivity index (χ0n) is 23.0. The van der Waals surface area contributed by atoms with E-state index >= 15 is 0 Å². The molecule has 6 nitrogen and oxygen atoms in total. The van der Waals surface area contributed by atoms with Gasteiger partial charge < -0.3 is 14.8 Å². The molecule has 1 aliphatic carbocycles. The molecule has 2 aliphatic heterocycles. The van der Waals surface area contributed by atoms with E-state index in [4.69, 9.17) is 9.47 Å². The Morgan fingerprint density at radius 1 is 1.08 bits per heavy atom. The molecule has 5 rings (SSSR count). The number of nitrogens with one attached hydrogen (secondary N) is 1. The Morgan fingerprint density at radius 2 is 1.82 bits per heavy atom. The molecule has 1 saturated carbocycles. The monoisotopic (exact) mass is 516 g/mol. The lowest BCUT2D eigenvalue weighted by atomic mass is 9.66. The van der Waals surface area contributed by atoms with Crippen molar-refractivity contribution in [3.63, 3.8) is 0 Å². The SMILES string of the molecule is COC(=O)C1CC2(CCOCc3ccccc3)C=CCN3CCC1(c1ccccc1NC(=O)C(C)(C)C)C32. The number of para-hydroxylation sites is 1. The summed E-state index contributed by atoms with van der Waals surface area (Å²) in [5.74, 6) is -0.517. The molecule has 6 heteroatoms. The average Bonchev–Trinajstić information content (AvgIpc) is 3.45. The lowest BCUT2D eigenvalue weighted by Crippen LogP contribution is -2.51. The zero-order valence-corrected chi connectivity index (χ0v) is 23.0. The lowest BCUT2D eigenvalue weighted by Gasteiger charge is -2.45. The number of carbonyl (C=O) groups excluding carboxylic acids is 2. The van der Waals surface area contributed by atoms with Crippen LogP contribution in [0.4, 0.5) is 5.69 Å². The van der Waals surface area contributed by atoms with Gasteiger partial charge in [-0.05, 0) is 43.0 Å². The molecule has 1 N–H and O–H groups in total. The van der Waals surface area contributed by atoms with Gasteiger partial charge in [0.05, 0.1) is 19.6 Å². The fraction of sp³-hybridized carbons (Fsp3) is 0.500. The Labute approximate surface area is 226 Å². The highest BCUT2D eigenvalue weighted by Gasteiger charge is 2.69. The van der Waals surface area contributed by atoms with Crippen molar-refractivity contribution in [2.45, 2.75) is 58.1 Å². The Kier molecular flexibility index (Phi) is 7.23. The molecule has 2 heterocycles. The van der Waals surface area contributed by atoms with E-state index in [0.29, 0.717) is 19.6 Å². The second-order valence-electron chi connectivity index (χ2n) is 12.1. The summed E-state index contributed by atoms with van der Waals surface area (Å²) in [5, 5.41) is 3.21. The Balaban J connectivity index is 1.51. The highest BCUT2D eigenvalue weighted by atomic mass is 16.5. The number of carbonyl (C=O) groups is 2.